The second-order valence-electron chi connectivity index (χ2n) is 7.71. The van der Waals surface area contributed by atoms with Crippen LogP contribution >= 0.6 is 11.8 Å². The molecule has 0 N–H and O–H groups in total. The van der Waals surface area contributed by atoms with Crippen molar-refractivity contribution in [2.24, 2.45) is 0 Å². The molecule has 0 unspecified atom stereocenters. The standard InChI is InChI=1S/C20H26N4O3S2/c25-19(14-28-20-22-21-18-9-5-2-6-11-23(18)20)24(13-16-7-3-1-4-8-16)17-10-12-29(26,27)15-17/h1,3-4,7-8,17H,2,5-6,9-15H2/t17-/m1/s1. The number of amides is 1. The molecular weight excluding hydrogens is 408 g/mol. The van der Waals surface area contributed by atoms with Crippen molar-refractivity contribution < 1.29 is 13.2 Å². The molecule has 0 aliphatic carbocycles. The van der Waals surface area contributed by atoms with Crippen molar-refractivity contribution in [1.29, 1.82) is 0 Å². The summed E-state index contributed by atoms with van der Waals surface area (Å²) in [6.07, 6.45) is 4.86. The van der Waals surface area contributed by atoms with Gasteiger partial charge in [-0.2, -0.15) is 0 Å². The second-order valence-corrected chi connectivity index (χ2v) is 10.9. The summed E-state index contributed by atoms with van der Waals surface area (Å²) in [7, 11) is -3.07. The largest absolute Gasteiger partial charge is 0.334 e. The average molecular weight is 435 g/mol. The fourth-order valence-corrected chi connectivity index (χ4v) is 6.60. The van der Waals surface area contributed by atoms with Crippen LogP contribution in [-0.2, 0) is 34.1 Å². The molecule has 1 amide bonds. The minimum Gasteiger partial charge on any atom is -0.334 e. The monoisotopic (exact) mass is 434 g/mol. The lowest BCUT2D eigenvalue weighted by molar-refractivity contribution is -0.130. The molecule has 0 bridgehead atoms. The Morgan fingerprint density at radius 1 is 1.17 bits per heavy atom. The second kappa shape index (κ2) is 8.87. The summed E-state index contributed by atoms with van der Waals surface area (Å²) in [6.45, 7) is 1.33. The van der Waals surface area contributed by atoms with E-state index in [2.05, 4.69) is 14.8 Å². The zero-order chi connectivity index (χ0) is 20.3. The van der Waals surface area contributed by atoms with Gasteiger partial charge in [-0.1, -0.05) is 48.5 Å². The number of rotatable bonds is 6. The highest BCUT2D eigenvalue weighted by molar-refractivity contribution is 7.99. The van der Waals surface area contributed by atoms with E-state index in [1.54, 1.807) is 4.90 Å². The summed E-state index contributed by atoms with van der Waals surface area (Å²) in [5.41, 5.74) is 1.01. The number of aryl methyl sites for hydroxylation is 1. The maximum absolute atomic E-state index is 13.1. The van der Waals surface area contributed by atoms with Gasteiger partial charge in [0.1, 0.15) is 5.82 Å². The Kier molecular flexibility index (Phi) is 6.24. The number of thioether (sulfide) groups is 1. The van der Waals surface area contributed by atoms with E-state index in [-0.39, 0.29) is 29.2 Å². The third kappa shape index (κ3) is 5.01. The summed E-state index contributed by atoms with van der Waals surface area (Å²) >= 11 is 1.41. The SMILES string of the molecule is O=C(CSc1nnc2n1CCCCC2)N(Cc1ccccc1)[C@@H]1CCS(=O)(=O)C1. The van der Waals surface area contributed by atoms with Gasteiger partial charge in [0, 0.05) is 25.6 Å². The molecule has 2 aromatic rings. The Morgan fingerprint density at radius 2 is 2.00 bits per heavy atom. The molecule has 1 aromatic carbocycles. The molecule has 9 heteroatoms. The third-order valence-corrected chi connectivity index (χ3v) is 8.27. The van der Waals surface area contributed by atoms with Gasteiger partial charge in [-0.3, -0.25) is 4.79 Å². The first kappa shape index (κ1) is 20.4. The van der Waals surface area contributed by atoms with Crippen LogP contribution in [0, 0.1) is 0 Å². The highest BCUT2D eigenvalue weighted by Gasteiger charge is 2.34. The minimum atomic E-state index is -3.07. The number of hydrogen-bond acceptors (Lipinski definition) is 6. The Labute approximate surface area is 175 Å². The van der Waals surface area contributed by atoms with E-state index in [0.717, 1.165) is 42.4 Å². The van der Waals surface area contributed by atoms with Gasteiger partial charge in [0.25, 0.3) is 0 Å². The summed E-state index contributed by atoms with van der Waals surface area (Å²) < 4.78 is 26.1. The fourth-order valence-electron chi connectivity index (χ4n) is 4.00. The number of hydrogen-bond donors (Lipinski definition) is 0. The topological polar surface area (TPSA) is 85.2 Å². The highest BCUT2D eigenvalue weighted by atomic mass is 32.2. The zero-order valence-corrected chi connectivity index (χ0v) is 18.0. The molecule has 0 spiro atoms. The van der Waals surface area contributed by atoms with Crippen molar-refractivity contribution in [3.63, 3.8) is 0 Å². The van der Waals surface area contributed by atoms with E-state index in [1.165, 1.54) is 18.2 Å². The van der Waals surface area contributed by atoms with Crippen LogP contribution in [-0.4, -0.2) is 57.3 Å². The maximum Gasteiger partial charge on any atom is 0.233 e. The van der Waals surface area contributed by atoms with Gasteiger partial charge in [-0.25, -0.2) is 8.42 Å². The van der Waals surface area contributed by atoms with Crippen molar-refractivity contribution in [2.75, 3.05) is 17.3 Å². The lowest BCUT2D eigenvalue weighted by Gasteiger charge is -2.28. The lowest BCUT2D eigenvalue weighted by atomic mass is 10.1. The van der Waals surface area contributed by atoms with Crippen LogP contribution in [0.2, 0.25) is 0 Å². The predicted octanol–water partition coefficient (Wildman–Crippen LogP) is 2.31. The van der Waals surface area contributed by atoms with Gasteiger partial charge < -0.3 is 9.47 Å². The zero-order valence-electron chi connectivity index (χ0n) is 16.4. The number of aromatic nitrogens is 3. The smallest absolute Gasteiger partial charge is 0.233 e. The first-order chi connectivity index (χ1) is 14.0. The molecule has 7 nitrogen and oxygen atoms in total. The quantitative estimate of drug-likeness (QED) is 0.649. The molecule has 4 rings (SSSR count). The minimum absolute atomic E-state index is 0.0491. The molecule has 156 valence electrons. The Bertz CT molecular complexity index is 959. The molecule has 29 heavy (non-hydrogen) atoms. The molecule has 0 radical (unpaired) electrons. The van der Waals surface area contributed by atoms with Gasteiger partial charge in [0.2, 0.25) is 5.91 Å². The predicted molar refractivity (Wildman–Crippen MR) is 112 cm³/mol. The van der Waals surface area contributed by atoms with Crippen LogP contribution < -0.4 is 0 Å². The maximum atomic E-state index is 13.1. The third-order valence-electron chi connectivity index (χ3n) is 5.57. The fraction of sp³-hybridized carbons (Fsp3) is 0.550. The number of benzene rings is 1. The van der Waals surface area contributed by atoms with E-state index in [0.29, 0.717) is 13.0 Å². The van der Waals surface area contributed by atoms with Crippen molar-refractivity contribution in [3.05, 3.63) is 41.7 Å². The Balaban J connectivity index is 1.47. The molecule has 1 saturated heterocycles. The van der Waals surface area contributed by atoms with Crippen LogP contribution in [0.4, 0.5) is 0 Å². The first-order valence-corrected chi connectivity index (χ1v) is 12.9. The van der Waals surface area contributed by atoms with E-state index in [9.17, 15) is 13.2 Å². The van der Waals surface area contributed by atoms with Crippen LogP contribution in [0.5, 0.6) is 0 Å². The van der Waals surface area contributed by atoms with E-state index in [1.807, 2.05) is 30.3 Å². The van der Waals surface area contributed by atoms with E-state index < -0.39 is 9.84 Å². The molecule has 3 heterocycles. The van der Waals surface area contributed by atoms with Crippen molar-refractivity contribution in [1.82, 2.24) is 19.7 Å². The molecule has 0 saturated carbocycles. The lowest BCUT2D eigenvalue weighted by Crippen LogP contribution is -2.41. The Hall–Kier alpha value is -1.87. The summed E-state index contributed by atoms with van der Waals surface area (Å²) in [6, 6.07) is 9.48. The van der Waals surface area contributed by atoms with Gasteiger partial charge in [0.05, 0.1) is 17.3 Å². The van der Waals surface area contributed by atoms with E-state index >= 15 is 0 Å². The van der Waals surface area contributed by atoms with Crippen LogP contribution in [0.1, 0.15) is 37.1 Å². The van der Waals surface area contributed by atoms with Crippen LogP contribution in [0.15, 0.2) is 35.5 Å². The number of carbonyl (C=O) groups excluding carboxylic acids is 1. The molecule has 2 aliphatic rings. The van der Waals surface area contributed by atoms with Crippen molar-refractivity contribution >= 4 is 27.5 Å². The highest BCUT2D eigenvalue weighted by Crippen LogP contribution is 2.25. The average Bonchev–Trinajstić information content (AvgIpc) is 3.18. The van der Waals surface area contributed by atoms with Crippen LogP contribution in [0.3, 0.4) is 0 Å². The molecule has 1 atom stereocenters. The van der Waals surface area contributed by atoms with Gasteiger partial charge in [0.15, 0.2) is 15.0 Å². The molecular formula is C20H26N4O3S2. The van der Waals surface area contributed by atoms with E-state index in [4.69, 9.17) is 0 Å². The first-order valence-electron chi connectivity index (χ1n) is 10.1. The van der Waals surface area contributed by atoms with Gasteiger partial charge in [-0.15, -0.1) is 10.2 Å². The summed E-state index contributed by atoms with van der Waals surface area (Å²) in [5, 5.41) is 9.36. The van der Waals surface area contributed by atoms with Crippen molar-refractivity contribution in [2.45, 2.75) is 56.4 Å². The summed E-state index contributed by atoms with van der Waals surface area (Å²) in [4.78, 5) is 14.9. The summed E-state index contributed by atoms with van der Waals surface area (Å²) in [5.74, 6) is 1.39. The van der Waals surface area contributed by atoms with Gasteiger partial charge in [-0.05, 0) is 24.8 Å². The molecule has 1 aromatic heterocycles. The molecule has 1 fully saturated rings. The number of fused-ring (bicyclic) bond motifs is 1. The molecule has 2 aliphatic heterocycles. The van der Waals surface area contributed by atoms with Crippen LogP contribution in [0.25, 0.3) is 0 Å². The number of nitrogens with zero attached hydrogens (tertiary/aromatic N) is 4. The number of carbonyl (C=O) groups is 1. The Morgan fingerprint density at radius 3 is 2.76 bits per heavy atom. The van der Waals surface area contributed by atoms with Crippen molar-refractivity contribution in [3.8, 4) is 0 Å². The van der Waals surface area contributed by atoms with Gasteiger partial charge >= 0.3 is 0 Å². The number of sulfone groups is 1. The normalized spacial score (nSPS) is 20.8.